The van der Waals surface area contributed by atoms with Crippen LogP contribution in [0.2, 0.25) is 0 Å². The molecule has 10 aromatic rings. The van der Waals surface area contributed by atoms with Gasteiger partial charge in [0.2, 0.25) is 0 Å². The second kappa shape index (κ2) is 12.8. The fraction of sp³-hybridized carbons (Fsp3) is 0.273. The molecular weight excluding hydrogens is 848 g/mol. The second-order valence-corrected chi connectivity index (χ2v) is 25.1. The number of fused-ring (bicyclic) bond motifs is 19. The molecule has 2 aromatic heterocycles. The SMILES string of the molecule is CC(C)(C)c1ccc(N2B3c4cc5c(cc4-n4c6ccc7c(c6c6ccc(c3c64)-c3cc4c(cc32)oc2cc3c(cc24)C(C)(C)CCC3(C)C)-c2ccccc2C7(C)C)-c2ccccc2C5(C)C)cc1. The molecule has 0 unspecified atom stereocenters. The highest BCUT2D eigenvalue weighted by Crippen LogP contribution is 2.57. The molecule has 0 radical (unpaired) electrons. The standard InChI is InChI=1S/C66H59BN2O/c1-62(2,3)36-20-22-37(23-21-36)69-54-35-57-44(45-31-50-51(34-56(45)70-57)64(6,7)29-28-63(50,4)5)30-43(54)39-24-25-41-59-53(27-26-48-58(59)40-17-13-15-19-47(40)65(48,8)9)68-55-32-42-38-16-12-14-18-46(38)66(10,11)49(42)33-52(55)67(69)60(39)61(41)68/h12-27,30-35H,28-29H2,1-11H3. The Balaban J connectivity index is 1.10. The third-order valence-electron chi connectivity index (χ3n) is 18.6. The average molecular weight is 907 g/mol. The van der Waals surface area contributed by atoms with Crippen LogP contribution in [0.15, 0.2) is 138 Å². The van der Waals surface area contributed by atoms with Crippen molar-refractivity contribution in [1.82, 2.24) is 4.57 Å². The molecule has 0 N–H and O–H groups in total. The second-order valence-electron chi connectivity index (χ2n) is 25.1. The van der Waals surface area contributed by atoms with E-state index in [-0.39, 0.29) is 33.9 Å². The fourth-order valence-corrected chi connectivity index (χ4v) is 14.6. The Morgan fingerprint density at radius 2 is 1.14 bits per heavy atom. The Morgan fingerprint density at radius 1 is 0.500 bits per heavy atom. The minimum atomic E-state index is -0.167. The predicted molar refractivity (Wildman–Crippen MR) is 296 cm³/mol. The van der Waals surface area contributed by atoms with E-state index in [4.69, 9.17) is 4.42 Å². The molecule has 3 nitrogen and oxygen atoms in total. The molecule has 5 aliphatic rings. The van der Waals surface area contributed by atoms with Crippen LogP contribution in [0.1, 0.15) is 128 Å². The Hall–Kier alpha value is -6.78. The van der Waals surface area contributed by atoms with Crippen LogP contribution >= 0.6 is 0 Å². The van der Waals surface area contributed by atoms with Gasteiger partial charge in [0.25, 0.3) is 0 Å². The van der Waals surface area contributed by atoms with Crippen molar-refractivity contribution in [3.05, 3.63) is 172 Å². The number of aromatic nitrogens is 1. The molecule has 0 saturated carbocycles. The van der Waals surface area contributed by atoms with Gasteiger partial charge in [-0.1, -0.05) is 161 Å². The van der Waals surface area contributed by atoms with Crippen molar-refractivity contribution in [3.8, 4) is 39.1 Å². The van der Waals surface area contributed by atoms with Crippen molar-refractivity contribution in [2.45, 2.75) is 116 Å². The Bertz CT molecular complexity index is 4050. The molecule has 0 fully saturated rings. The summed E-state index contributed by atoms with van der Waals surface area (Å²) in [6.07, 6.45) is 2.34. The zero-order chi connectivity index (χ0) is 47.9. The summed E-state index contributed by atoms with van der Waals surface area (Å²) in [4.78, 5) is 2.69. The van der Waals surface area contributed by atoms with Crippen LogP contribution in [0.5, 0.6) is 0 Å². The highest BCUT2D eigenvalue weighted by molar-refractivity contribution is 6.93. The first-order valence-electron chi connectivity index (χ1n) is 25.8. The summed E-state index contributed by atoms with van der Waals surface area (Å²) in [5.74, 6) is 0. The van der Waals surface area contributed by atoms with Gasteiger partial charge >= 0.3 is 6.85 Å². The molecule has 0 amide bonds. The van der Waals surface area contributed by atoms with Gasteiger partial charge in [-0.05, 0) is 149 Å². The van der Waals surface area contributed by atoms with Crippen LogP contribution in [-0.2, 0) is 27.1 Å². The molecule has 15 rings (SSSR count). The molecule has 0 saturated heterocycles. The summed E-state index contributed by atoms with van der Waals surface area (Å²) in [6, 6.07) is 52.6. The Morgan fingerprint density at radius 3 is 1.87 bits per heavy atom. The Kier molecular flexibility index (Phi) is 7.48. The lowest BCUT2D eigenvalue weighted by Crippen LogP contribution is -2.60. The van der Waals surface area contributed by atoms with Crippen molar-refractivity contribution in [2.24, 2.45) is 0 Å². The van der Waals surface area contributed by atoms with Gasteiger partial charge in [-0.25, -0.2) is 0 Å². The number of benzene rings is 8. The Labute approximate surface area is 412 Å². The van der Waals surface area contributed by atoms with Gasteiger partial charge < -0.3 is 13.8 Å². The number of hydrogen-bond donors (Lipinski definition) is 0. The molecule has 70 heavy (non-hydrogen) atoms. The topological polar surface area (TPSA) is 21.3 Å². The third-order valence-corrected chi connectivity index (χ3v) is 18.6. The highest BCUT2D eigenvalue weighted by Gasteiger charge is 2.48. The van der Waals surface area contributed by atoms with Crippen LogP contribution in [-0.4, -0.2) is 11.4 Å². The minimum Gasteiger partial charge on any atom is -0.456 e. The van der Waals surface area contributed by atoms with E-state index in [9.17, 15) is 0 Å². The van der Waals surface area contributed by atoms with Crippen LogP contribution in [0.4, 0.5) is 11.4 Å². The molecule has 342 valence electrons. The molecule has 0 atom stereocenters. The third kappa shape index (κ3) is 4.93. The fourth-order valence-electron chi connectivity index (χ4n) is 14.6. The average Bonchev–Trinajstić information content (AvgIpc) is 4.01. The summed E-state index contributed by atoms with van der Waals surface area (Å²) in [5, 5.41) is 5.09. The van der Waals surface area contributed by atoms with Gasteiger partial charge in [-0.2, -0.15) is 0 Å². The van der Waals surface area contributed by atoms with Crippen LogP contribution in [0.3, 0.4) is 0 Å². The quantitative estimate of drug-likeness (QED) is 0.153. The summed E-state index contributed by atoms with van der Waals surface area (Å²) in [5.41, 5.74) is 28.6. The summed E-state index contributed by atoms with van der Waals surface area (Å²) >= 11 is 0. The molecular formula is C66H59BN2O. The van der Waals surface area contributed by atoms with Gasteiger partial charge in [0, 0.05) is 61.1 Å². The van der Waals surface area contributed by atoms with Gasteiger partial charge in [0.15, 0.2) is 0 Å². The zero-order valence-corrected chi connectivity index (χ0v) is 42.5. The maximum atomic E-state index is 7.12. The number of rotatable bonds is 1. The first kappa shape index (κ1) is 41.0. The maximum Gasteiger partial charge on any atom is 0.333 e. The maximum absolute atomic E-state index is 7.12. The van der Waals surface area contributed by atoms with Gasteiger partial charge in [0.05, 0.1) is 11.0 Å². The summed E-state index contributed by atoms with van der Waals surface area (Å²) in [7, 11) is 0. The smallest absolute Gasteiger partial charge is 0.333 e. The molecule has 2 aliphatic heterocycles. The van der Waals surface area contributed by atoms with Crippen molar-refractivity contribution in [1.29, 1.82) is 0 Å². The number of hydrogen-bond acceptors (Lipinski definition) is 2. The largest absolute Gasteiger partial charge is 0.456 e. The van der Waals surface area contributed by atoms with E-state index in [1.807, 2.05) is 0 Å². The molecule has 0 bridgehead atoms. The van der Waals surface area contributed by atoms with Crippen molar-refractivity contribution in [3.63, 3.8) is 0 Å². The first-order valence-corrected chi connectivity index (χ1v) is 25.8. The monoisotopic (exact) mass is 906 g/mol. The number of anilines is 2. The predicted octanol–water partition coefficient (Wildman–Crippen LogP) is 16.2. The van der Waals surface area contributed by atoms with Crippen LogP contribution < -0.4 is 15.7 Å². The van der Waals surface area contributed by atoms with Crippen molar-refractivity contribution in [2.75, 3.05) is 4.81 Å². The summed E-state index contributed by atoms with van der Waals surface area (Å²) in [6.45, 7) is 26.2. The first-order chi connectivity index (χ1) is 33.3. The van der Waals surface area contributed by atoms with E-state index in [0.717, 1.165) is 11.2 Å². The van der Waals surface area contributed by atoms with E-state index < -0.39 is 0 Å². The van der Waals surface area contributed by atoms with Crippen molar-refractivity contribution < 1.29 is 4.42 Å². The lowest BCUT2D eigenvalue weighted by Gasteiger charge is -2.42. The molecule has 3 aliphatic carbocycles. The molecule has 0 spiro atoms. The van der Waals surface area contributed by atoms with E-state index in [0.29, 0.717) is 0 Å². The van der Waals surface area contributed by atoms with Crippen LogP contribution in [0, 0.1) is 0 Å². The van der Waals surface area contributed by atoms with Crippen LogP contribution in [0.25, 0.3) is 82.8 Å². The van der Waals surface area contributed by atoms with E-state index in [2.05, 4.69) is 219 Å². The van der Waals surface area contributed by atoms with Gasteiger partial charge in [-0.15, -0.1) is 0 Å². The van der Waals surface area contributed by atoms with E-state index in [1.165, 1.54) is 146 Å². The van der Waals surface area contributed by atoms with E-state index >= 15 is 0 Å². The molecule has 8 aromatic carbocycles. The van der Waals surface area contributed by atoms with Crippen molar-refractivity contribution >= 4 is 72.9 Å². The number of furan rings is 1. The zero-order valence-electron chi connectivity index (χ0n) is 42.5. The van der Waals surface area contributed by atoms with E-state index in [1.54, 1.807) is 0 Å². The molecule has 4 heteroatoms. The normalized spacial score (nSPS) is 17.9. The lowest BCUT2D eigenvalue weighted by molar-refractivity contribution is 0.332. The van der Waals surface area contributed by atoms with Gasteiger partial charge in [0.1, 0.15) is 11.2 Å². The minimum absolute atomic E-state index is 0.0206. The summed E-state index contributed by atoms with van der Waals surface area (Å²) < 4.78 is 9.81. The van der Waals surface area contributed by atoms with Gasteiger partial charge in [-0.3, -0.25) is 0 Å². The highest BCUT2D eigenvalue weighted by atomic mass is 16.3. The number of nitrogens with zero attached hydrogens (tertiary/aromatic N) is 2. The molecule has 4 heterocycles. The lowest BCUT2D eigenvalue weighted by atomic mass is 9.43.